The number of aromatic nitrogens is 1. The van der Waals surface area contributed by atoms with Gasteiger partial charge in [-0.25, -0.2) is 0 Å². The first kappa shape index (κ1) is 24.4. The molecule has 174 valence electrons. The number of benzene rings is 2. The van der Waals surface area contributed by atoms with E-state index in [2.05, 4.69) is 47.2 Å². The van der Waals surface area contributed by atoms with Crippen molar-refractivity contribution in [3.05, 3.63) is 76.6 Å². The van der Waals surface area contributed by atoms with Crippen LogP contribution < -0.4 is 16.0 Å². The number of aliphatic hydroxyl groups excluding tert-OH is 1. The average Bonchev–Trinajstić information content (AvgIpc) is 2.75. The summed E-state index contributed by atoms with van der Waals surface area (Å²) in [5.41, 5.74) is 14.1. The van der Waals surface area contributed by atoms with E-state index < -0.39 is 0 Å². The molecule has 1 heterocycles. The summed E-state index contributed by atoms with van der Waals surface area (Å²) in [6.45, 7) is 9.70. The number of aryl methyl sites for hydroxylation is 4. The number of pyridine rings is 1. The highest BCUT2D eigenvalue weighted by Crippen LogP contribution is 2.37. The van der Waals surface area contributed by atoms with Gasteiger partial charge in [-0.1, -0.05) is 46.5 Å². The fourth-order valence-electron chi connectivity index (χ4n) is 4.27. The van der Waals surface area contributed by atoms with E-state index in [9.17, 15) is 9.90 Å². The SMILES string of the molecule is Cc1cc(C)cc(C(=O)Nc2cncc(-c3cc(C)cc(C)c3)c2N(CCO)CCCN)c1. The Kier molecular flexibility index (Phi) is 8.20. The number of amides is 1. The second kappa shape index (κ2) is 11.1. The first-order valence-corrected chi connectivity index (χ1v) is 11.3. The average molecular weight is 447 g/mol. The number of nitrogens with two attached hydrogens (primary N) is 1. The Morgan fingerprint density at radius 3 is 2.12 bits per heavy atom. The molecule has 0 spiro atoms. The molecular formula is C27H34N4O2. The lowest BCUT2D eigenvalue weighted by Crippen LogP contribution is -2.31. The van der Waals surface area contributed by atoms with Crippen LogP contribution in [0.1, 0.15) is 39.0 Å². The topological polar surface area (TPSA) is 91.5 Å². The number of carbonyl (C=O) groups excluding carboxylic acids is 1. The number of nitrogens with zero attached hydrogens (tertiary/aromatic N) is 2. The van der Waals surface area contributed by atoms with E-state index in [1.165, 1.54) is 0 Å². The Morgan fingerprint density at radius 1 is 0.939 bits per heavy atom. The summed E-state index contributed by atoms with van der Waals surface area (Å²) in [4.78, 5) is 19.7. The maximum atomic E-state index is 13.2. The summed E-state index contributed by atoms with van der Waals surface area (Å²) in [6, 6.07) is 12.2. The zero-order valence-electron chi connectivity index (χ0n) is 20.0. The molecule has 0 unspecified atom stereocenters. The Bertz CT molecular complexity index is 1090. The summed E-state index contributed by atoms with van der Waals surface area (Å²) >= 11 is 0. The zero-order valence-corrected chi connectivity index (χ0v) is 20.0. The minimum atomic E-state index is -0.190. The summed E-state index contributed by atoms with van der Waals surface area (Å²) in [5.74, 6) is -0.190. The number of anilines is 2. The highest BCUT2D eigenvalue weighted by atomic mass is 16.3. The molecule has 0 aliphatic rings. The van der Waals surface area contributed by atoms with Crippen molar-refractivity contribution < 1.29 is 9.90 Å². The van der Waals surface area contributed by atoms with Crippen LogP contribution in [0, 0.1) is 27.7 Å². The van der Waals surface area contributed by atoms with Crippen molar-refractivity contribution >= 4 is 17.3 Å². The van der Waals surface area contributed by atoms with Crippen LogP contribution in [0.4, 0.5) is 11.4 Å². The van der Waals surface area contributed by atoms with Gasteiger partial charge in [-0.15, -0.1) is 0 Å². The smallest absolute Gasteiger partial charge is 0.255 e. The number of nitrogens with one attached hydrogen (secondary N) is 1. The normalized spacial score (nSPS) is 10.8. The highest BCUT2D eigenvalue weighted by Gasteiger charge is 2.20. The van der Waals surface area contributed by atoms with Gasteiger partial charge in [0.25, 0.3) is 5.91 Å². The maximum Gasteiger partial charge on any atom is 0.255 e. The Labute approximate surface area is 196 Å². The highest BCUT2D eigenvalue weighted by molar-refractivity contribution is 6.07. The third-order valence-corrected chi connectivity index (χ3v) is 5.50. The fourth-order valence-corrected chi connectivity index (χ4v) is 4.27. The van der Waals surface area contributed by atoms with Gasteiger partial charge in [-0.2, -0.15) is 0 Å². The lowest BCUT2D eigenvalue weighted by Gasteiger charge is -2.29. The van der Waals surface area contributed by atoms with Crippen molar-refractivity contribution in [2.24, 2.45) is 5.73 Å². The molecular weight excluding hydrogens is 412 g/mol. The molecule has 33 heavy (non-hydrogen) atoms. The number of aliphatic hydroxyl groups is 1. The molecule has 0 saturated heterocycles. The fraction of sp³-hybridized carbons (Fsp3) is 0.333. The van der Waals surface area contributed by atoms with Crippen LogP contribution in [-0.2, 0) is 0 Å². The largest absolute Gasteiger partial charge is 0.395 e. The molecule has 6 nitrogen and oxygen atoms in total. The van der Waals surface area contributed by atoms with Crippen molar-refractivity contribution in [1.82, 2.24) is 4.98 Å². The molecule has 0 bridgehead atoms. The van der Waals surface area contributed by atoms with Crippen molar-refractivity contribution in [3.8, 4) is 11.1 Å². The van der Waals surface area contributed by atoms with E-state index in [4.69, 9.17) is 5.73 Å². The van der Waals surface area contributed by atoms with Crippen LogP contribution in [0.2, 0.25) is 0 Å². The standard InChI is InChI=1S/C27H34N4O2/c1-18-10-19(2)13-22(12-18)24-16-29-17-25(26(24)31(8-9-32)7-5-6-28)30-27(33)23-14-20(3)11-21(4)15-23/h10-17,32H,5-9,28H2,1-4H3,(H,30,33). The monoisotopic (exact) mass is 446 g/mol. The molecule has 0 saturated carbocycles. The van der Waals surface area contributed by atoms with Gasteiger partial charge in [0.05, 0.1) is 24.2 Å². The molecule has 2 aromatic carbocycles. The van der Waals surface area contributed by atoms with Crippen molar-refractivity contribution in [3.63, 3.8) is 0 Å². The molecule has 3 rings (SSSR count). The van der Waals surface area contributed by atoms with E-state index >= 15 is 0 Å². The van der Waals surface area contributed by atoms with Crippen LogP contribution in [0.5, 0.6) is 0 Å². The first-order chi connectivity index (χ1) is 15.8. The summed E-state index contributed by atoms with van der Waals surface area (Å²) in [5, 5.41) is 12.9. The molecule has 1 aromatic heterocycles. The third kappa shape index (κ3) is 6.18. The number of hydrogen-bond acceptors (Lipinski definition) is 5. The predicted octanol–water partition coefficient (Wildman–Crippen LogP) is 4.38. The van der Waals surface area contributed by atoms with Crippen LogP contribution >= 0.6 is 0 Å². The summed E-state index contributed by atoms with van der Waals surface area (Å²) in [7, 11) is 0. The number of hydrogen-bond donors (Lipinski definition) is 3. The van der Waals surface area contributed by atoms with Gasteiger partial charge in [0.2, 0.25) is 0 Å². The van der Waals surface area contributed by atoms with Gasteiger partial charge in [-0.3, -0.25) is 9.78 Å². The van der Waals surface area contributed by atoms with E-state index in [0.717, 1.165) is 45.5 Å². The van der Waals surface area contributed by atoms with E-state index in [1.54, 1.807) is 6.20 Å². The molecule has 6 heteroatoms. The van der Waals surface area contributed by atoms with E-state index in [1.807, 2.05) is 38.2 Å². The van der Waals surface area contributed by atoms with Crippen LogP contribution in [0.25, 0.3) is 11.1 Å². The van der Waals surface area contributed by atoms with Crippen LogP contribution in [0.15, 0.2) is 48.8 Å². The van der Waals surface area contributed by atoms with Gasteiger partial charge in [-0.05, 0) is 58.4 Å². The van der Waals surface area contributed by atoms with Gasteiger partial charge in [0.1, 0.15) is 0 Å². The molecule has 3 aromatic rings. The minimum Gasteiger partial charge on any atom is -0.395 e. The molecule has 4 N–H and O–H groups in total. The second-order valence-corrected chi connectivity index (χ2v) is 8.64. The molecule has 0 aliphatic heterocycles. The van der Waals surface area contributed by atoms with Gasteiger partial charge in [0, 0.05) is 30.4 Å². The lowest BCUT2D eigenvalue weighted by molar-refractivity contribution is 0.102. The molecule has 0 aliphatic carbocycles. The minimum absolute atomic E-state index is 0.0103. The van der Waals surface area contributed by atoms with Crippen molar-refractivity contribution in [2.75, 3.05) is 36.5 Å². The van der Waals surface area contributed by atoms with Gasteiger partial charge in [0.15, 0.2) is 0 Å². The number of carbonyl (C=O) groups is 1. The number of rotatable bonds is 9. The predicted molar refractivity (Wildman–Crippen MR) is 136 cm³/mol. The quantitative estimate of drug-likeness (QED) is 0.454. The molecule has 0 radical (unpaired) electrons. The Hall–Kier alpha value is -3.22. The summed E-state index contributed by atoms with van der Waals surface area (Å²) < 4.78 is 0. The van der Waals surface area contributed by atoms with Crippen molar-refractivity contribution in [1.29, 1.82) is 0 Å². The Morgan fingerprint density at radius 2 is 1.55 bits per heavy atom. The van der Waals surface area contributed by atoms with E-state index in [0.29, 0.717) is 30.9 Å². The van der Waals surface area contributed by atoms with Crippen LogP contribution in [0.3, 0.4) is 0 Å². The molecule has 0 fully saturated rings. The zero-order chi connectivity index (χ0) is 24.0. The van der Waals surface area contributed by atoms with Gasteiger partial charge >= 0.3 is 0 Å². The van der Waals surface area contributed by atoms with E-state index in [-0.39, 0.29) is 12.5 Å². The maximum absolute atomic E-state index is 13.2. The molecule has 1 amide bonds. The van der Waals surface area contributed by atoms with Gasteiger partial charge < -0.3 is 21.1 Å². The second-order valence-electron chi connectivity index (χ2n) is 8.64. The summed E-state index contributed by atoms with van der Waals surface area (Å²) in [6.07, 6.45) is 4.26. The third-order valence-electron chi connectivity index (χ3n) is 5.50. The Balaban J connectivity index is 2.13. The molecule has 0 atom stereocenters. The van der Waals surface area contributed by atoms with Crippen molar-refractivity contribution in [2.45, 2.75) is 34.1 Å². The lowest BCUT2D eigenvalue weighted by atomic mass is 9.99. The van der Waals surface area contributed by atoms with Crippen LogP contribution in [-0.4, -0.2) is 42.2 Å². The first-order valence-electron chi connectivity index (χ1n) is 11.3.